The topological polar surface area (TPSA) is 72.6 Å². The zero-order valence-corrected chi connectivity index (χ0v) is 19.0. The van der Waals surface area contributed by atoms with Gasteiger partial charge in [-0.1, -0.05) is 23.9 Å². The molecule has 1 N–H and O–H groups in total. The molecule has 184 valence electrons. The summed E-state index contributed by atoms with van der Waals surface area (Å²) < 4.78 is 88.8. The summed E-state index contributed by atoms with van der Waals surface area (Å²) in [5, 5.41) is 10.1. The number of fused-ring (bicyclic) bond motifs is 1. The van der Waals surface area contributed by atoms with Gasteiger partial charge in [-0.3, -0.25) is 0 Å². The average molecular weight is 533 g/mol. The molecule has 0 radical (unpaired) electrons. The van der Waals surface area contributed by atoms with Gasteiger partial charge in [-0.25, -0.2) is 9.78 Å². The number of rotatable bonds is 5. The highest BCUT2D eigenvalue weighted by atomic mass is 32.2. The number of benzene rings is 2. The van der Waals surface area contributed by atoms with Crippen molar-refractivity contribution < 1.29 is 40.6 Å². The second-order valence-corrected chi connectivity index (χ2v) is 9.52. The van der Waals surface area contributed by atoms with Gasteiger partial charge in [0.15, 0.2) is 4.34 Å². The minimum absolute atomic E-state index is 0.0581. The van der Waals surface area contributed by atoms with Gasteiger partial charge in [0.1, 0.15) is 11.3 Å². The van der Waals surface area contributed by atoms with Crippen LogP contribution in [0.25, 0.3) is 22.1 Å². The summed E-state index contributed by atoms with van der Waals surface area (Å²) >= 11 is 0.814. The molecule has 0 bridgehead atoms. The fourth-order valence-corrected chi connectivity index (χ4v) is 5.34. The Hall–Kier alpha value is -3.03. The van der Waals surface area contributed by atoms with Gasteiger partial charge in [0.25, 0.3) is 5.60 Å². The molecule has 4 aromatic rings. The van der Waals surface area contributed by atoms with Gasteiger partial charge in [0, 0.05) is 22.5 Å². The standard InChI is InChI=1S/C22H13F6NO4S2/c1-32-12-4-2-11(3-5-12)15-9-18(30)33-16-8-13(6-7-14(15)16)34-19-29-10-17(35-19)20(31,21(23,24)25)22(26,27)28/h2-10,31H,1H3. The Morgan fingerprint density at radius 3 is 2.26 bits per heavy atom. The fraction of sp³-hybridized carbons (Fsp3) is 0.182. The Morgan fingerprint density at radius 2 is 1.66 bits per heavy atom. The Balaban J connectivity index is 1.69. The van der Waals surface area contributed by atoms with Crippen molar-refractivity contribution in [2.24, 2.45) is 0 Å². The van der Waals surface area contributed by atoms with E-state index in [1.807, 2.05) is 0 Å². The lowest BCUT2D eigenvalue weighted by molar-refractivity contribution is -0.375. The molecule has 2 aromatic carbocycles. The molecule has 35 heavy (non-hydrogen) atoms. The molecule has 0 unspecified atom stereocenters. The normalized spacial score (nSPS) is 12.8. The molecule has 0 spiro atoms. The largest absolute Gasteiger partial charge is 0.497 e. The van der Waals surface area contributed by atoms with Gasteiger partial charge in [0.05, 0.1) is 12.0 Å². The van der Waals surface area contributed by atoms with Crippen molar-refractivity contribution in [3.63, 3.8) is 0 Å². The van der Waals surface area contributed by atoms with E-state index in [2.05, 4.69) is 4.98 Å². The summed E-state index contributed by atoms with van der Waals surface area (Å²) in [5.74, 6) is 0.616. The minimum Gasteiger partial charge on any atom is -0.497 e. The predicted molar refractivity (Wildman–Crippen MR) is 117 cm³/mol. The number of ether oxygens (including phenoxy) is 1. The number of methoxy groups -OCH3 is 1. The molecule has 0 aliphatic rings. The minimum atomic E-state index is -6.00. The third-order valence-corrected chi connectivity index (χ3v) is 7.15. The highest BCUT2D eigenvalue weighted by molar-refractivity contribution is 8.01. The van der Waals surface area contributed by atoms with Gasteiger partial charge < -0.3 is 14.3 Å². The van der Waals surface area contributed by atoms with Crippen LogP contribution in [0.5, 0.6) is 5.75 Å². The van der Waals surface area contributed by atoms with Gasteiger partial charge in [-0.15, -0.1) is 11.3 Å². The van der Waals surface area contributed by atoms with E-state index in [0.29, 0.717) is 33.4 Å². The SMILES string of the molecule is COc1ccc(-c2cc(=O)oc3cc(Sc4ncc(C(O)(C(F)(F)F)C(F)(F)F)s4)ccc23)cc1. The Morgan fingerprint density at radius 1 is 1.00 bits per heavy atom. The van der Waals surface area contributed by atoms with Crippen LogP contribution in [0.4, 0.5) is 26.3 Å². The third-order valence-electron chi connectivity index (χ3n) is 4.98. The van der Waals surface area contributed by atoms with E-state index in [0.717, 1.165) is 11.8 Å². The molecule has 0 saturated carbocycles. The van der Waals surface area contributed by atoms with Crippen LogP contribution in [0.3, 0.4) is 0 Å². The molecule has 4 rings (SSSR count). The van der Waals surface area contributed by atoms with E-state index < -0.39 is 28.5 Å². The van der Waals surface area contributed by atoms with Crippen molar-refractivity contribution in [3.8, 4) is 16.9 Å². The van der Waals surface area contributed by atoms with Crippen LogP contribution in [0, 0.1) is 0 Å². The van der Waals surface area contributed by atoms with Crippen LogP contribution in [0.15, 0.2) is 73.2 Å². The van der Waals surface area contributed by atoms with E-state index in [1.165, 1.54) is 19.2 Å². The van der Waals surface area contributed by atoms with Crippen LogP contribution in [0.2, 0.25) is 0 Å². The van der Waals surface area contributed by atoms with Crippen LogP contribution < -0.4 is 10.4 Å². The maximum Gasteiger partial charge on any atom is 0.431 e. The number of thiazole rings is 1. The summed E-state index contributed by atoms with van der Waals surface area (Å²) in [5.41, 5.74) is -4.27. The van der Waals surface area contributed by atoms with E-state index in [-0.39, 0.29) is 21.3 Å². The van der Waals surface area contributed by atoms with Crippen LogP contribution >= 0.6 is 23.1 Å². The third kappa shape index (κ3) is 4.62. The summed E-state index contributed by atoms with van der Waals surface area (Å²) in [7, 11) is 1.51. The van der Waals surface area contributed by atoms with Crippen molar-refractivity contribution in [3.05, 3.63) is 70.0 Å². The zero-order chi connectivity index (χ0) is 25.6. The van der Waals surface area contributed by atoms with Crippen molar-refractivity contribution in [2.45, 2.75) is 27.2 Å². The second kappa shape index (κ2) is 8.88. The lowest BCUT2D eigenvalue weighted by atomic mass is 10.0. The van der Waals surface area contributed by atoms with E-state index in [9.17, 15) is 36.2 Å². The van der Waals surface area contributed by atoms with Gasteiger partial charge >= 0.3 is 18.0 Å². The quantitative estimate of drug-likeness (QED) is 0.237. The average Bonchev–Trinajstić information content (AvgIpc) is 3.25. The molecule has 0 aliphatic carbocycles. The molecule has 5 nitrogen and oxygen atoms in total. The van der Waals surface area contributed by atoms with E-state index in [1.54, 1.807) is 36.4 Å². The number of hydrogen-bond donors (Lipinski definition) is 1. The van der Waals surface area contributed by atoms with Crippen molar-refractivity contribution in [1.29, 1.82) is 0 Å². The van der Waals surface area contributed by atoms with Crippen LogP contribution in [-0.2, 0) is 5.60 Å². The monoisotopic (exact) mass is 533 g/mol. The molecular weight excluding hydrogens is 520 g/mol. The lowest BCUT2D eigenvalue weighted by Crippen LogP contribution is -2.53. The Labute approximate surface area is 201 Å². The van der Waals surface area contributed by atoms with Crippen LogP contribution in [0.1, 0.15) is 4.88 Å². The molecule has 13 heteroatoms. The first-order valence-corrected chi connectivity index (χ1v) is 11.2. The molecule has 0 aliphatic heterocycles. The number of hydrogen-bond acceptors (Lipinski definition) is 7. The zero-order valence-electron chi connectivity index (χ0n) is 17.4. The molecule has 0 atom stereocenters. The van der Waals surface area contributed by atoms with Crippen molar-refractivity contribution in [1.82, 2.24) is 4.98 Å². The summed E-state index contributed by atoms with van der Waals surface area (Å²) in [6.45, 7) is 0. The van der Waals surface area contributed by atoms with Crippen molar-refractivity contribution in [2.75, 3.05) is 7.11 Å². The summed E-state index contributed by atoms with van der Waals surface area (Å²) in [6, 6.07) is 12.8. The number of halogens is 6. The maximum absolute atomic E-state index is 13.1. The first-order valence-electron chi connectivity index (χ1n) is 9.56. The first kappa shape index (κ1) is 25.1. The molecule has 0 saturated heterocycles. The molecule has 0 fully saturated rings. The highest BCUT2D eigenvalue weighted by Crippen LogP contribution is 2.52. The van der Waals surface area contributed by atoms with Crippen LogP contribution in [-0.4, -0.2) is 29.6 Å². The Kier molecular flexibility index (Phi) is 6.36. The summed E-state index contributed by atoms with van der Waals surface area (Å²) in [6.07, 6.45) is -11.6. The van der Waals surface area contributed by atoms with Crippen molar-refractivity contribution >= 4 is 34.1 Å². The van der Waals surface area contributed by atoms with E-state index in [4.69, 9.17) is 9.15 Å². The summed E-state index contributed by atoms with van der Waals surface area (Å²) in [4.78, 5) is 14.7. The Bertz CT molecular complexity index is 1410. The van der Waals surface area contributed by atoms with Gasteiger partial charge in [0.2, 0.25) is 0 Å². The highest BCUT2D eigenvalue weighted by Gasteiger charge is 2.72. The molecular formula is C22H13F6NO4S2. The first-order chi connectivity index (χ1) is 16.3. The molecule has 2 heterocycles. The smallest absolute Gasteiger partial charge is 0.431 e. The number of alkyl halides is 6. The molecule has 0 amide bonds. The molecule has 2 aromatic heterocycles. The van der Waals surface area contributed by atoms with Gasteiger partial charge in [-0.2, -0.15) is 26.3 Å². The van der Waals surface area contributed by atoms with E-state index >= 15 is 0 Å². The number of aromatic nitrogens is 1. The van der Waals surface area contributed by atoms with Gasteiger partial charge in [-0.05, 0) is 41.5 Å². The predicted octanol–water partition coefficient (Wildman–Crippen LogP) is 6.39. The second-order valence-electron chi connectivity index (χ2n) is 7.16. The maximum atomic E-state index is 13.1. The lowest BCUT2D eigenvalue weighted by Gasteiger charge is -2.30. The number of aliphatic hydroxyl groups is 1. The fourth-order valence-electron chi connectivity index (χ4n) is 3.23. The number of nitrogens with zero attached hydrogens (tertiary/aromatic N) is 1.